The fourth-order valence-electron chi connectivity index (χ4n) is 5.19. The van der Waals surface area contributed by atoms with Crippen molar-refractivity contribution in [3.8, 4) is 11.5 Å². The Morgan fingerprint density at radius 2 is 1.42 bits per heavy atom. The number of ether oxygens (including phenoxy) is 2. The lowest BCUT2D eigenvalue weighted by Crippen LogP contribution is -2.49. The number of rotatable bonds is 12. The first kappa shape index (κ1) is 31.8. The highest BCUT2D eigenvalue weighted by molar-refractivity contribution is 7.90. The monoisotopic (exact) mass is 643 g/mol. The van der Waals surface area contributed by atoms with Gasteiger partial charge in [0.15, 0.2) is 5.78 Å². The average Bonchev–Trinajstić information content (AvgIpc) is 3.53. The predicted molar refractivity (Wildman–Crippen MR) is 174 cm³/mol. The van der Waals surface area contributed by atoms with Crippen LogP contribution in [0.1, 0.15) is 53.2 Å². The number of aromatic nitrogens is 2. The molecule has 5 aromatic rings. The van der Waals surface area contributed by atoms with Gasteiger partial charge in [-0.3, -0.25) is 9.59 Å². The van der Waals surface area contributed by atoms with Gasteiger partial charge in [0, 0.05) is 12.0 Å². The van der Waals surface area contributed by atoms with E-state index in [2.05, 4.69) is 13.5 Å². The molecule has 9 nitrogen and oxygen atoms in total. The molecule has 5 rings (SSSR count). The number of hydrogen-bond donors (Lipinski definition) is 1. The van der Waals surface area contributed by atoms with Crippen LogP contribution in [0.3, 0.4) is 0 Å². The lowest BCUT2D eigenvalue weighted by Gasteiger charge is -2.33. The molecular weight excluding hydrogens is 611 g/mol. The molecule has 0 bridgehead atoms. The number of benzene rings is 4. The first-order valence-electron chi connectivity index (χ1n) is 14.2. The SMILES string of the molecule is COc1ccc(CC(CC(=O)c2ccc(OC)cc2)(C(=O)NS(=O)(=O)c2ccc(C(C)C)cc2)c2ccc3nsnc3c2)cc1. The Morgan fingerprint density at radius 1 is 0.822 bits per heavy atom. The van der Waals surface area contributed by atoms with E-state index in [0.717, 1.165) is 17.3 Å². The van der Waals surface area contributed by atoms with E-state index in [-0.39, 0.29) is 29.4 Å². The van der Waals surface area contributed by atoms with Crippen molar-refractivity contribution < 1.29 is 27.5 Å². The molecule has 0 aliphatic heterocycles. The molecule has 1 heterocycles. The number of carbonyl (C=O) groups excluding carboxylic acids is 2. The van der Waals surface area contributed by atoms with E-state index in [1.807, 2.05) is 13.8 Å². The highest BCUT2D eigenvalue weighted by Gasteiger charge is 2.44. The van der Waals surface area contributed by atoms with Gasteiger partial charge in [-0.25, -0.2) is 13.1 Å². The summed E-state index contributed by atoms with van der Waals surface area (Å²) < 4.78 is 48.8. The topological polar surface area (TPSA) is 125 Å². The van der Waals surface area contributed by atoms with Crippen LogP contribution in [-0.2, 0) is 26.7 Å². The van der Waals surface area contributed by atoms with Crippen LogP contribution < -0.4 is 14.2 Å². The van der Waals surface area contributed by atoms with Crippen LogP contribution in [0.5, 0.6) is 11.5 Å². The molecule has 1 aromatic heterocycles. The maximum absolute atomic E-state index is 14.6. The second kappa shape index (κ2) is 13.2. The number of nitrogens with zero attached hydrogens (tertiary/aromatic N) is 2. The summed E-state index contributed by atoms with van der Waals surface area (Å²) in [7, 11) is -1.23. The molecule has 1 amide bonds. The van der Waals surface area contributed by atoms with Crippen LogP contribution in [0.2, 0.25) is 0 Å². The summed E-state index contributed by atoms with van der Waals surface area (Å²) in [6.45, 7) is 4.01. The Kier molecular flexibility index (Phi) is 9.31. The maximum atomic E-state index is 14.6. The smallest absolute Gasteiger partial charge is 0.264 e. The van der Waals surface area contributed by atoms with Gasteiger partial charge in [0.2, 0.25) is 5.91 Å². The van der Waals surface area contributed by atoms with Gasteiger partial charge >= 0.3 is 0 Å². The predicted octanol–water partition coefficient (Wildman–Crippen LogP) is 6.09. The summed E-state index contributed by atoms with van der Waals surface area (Å²) in [6.07, 6.45) is -0.322. The van der Waals surface area contributed by atoms with Crippen molar-refractivity contribution in [1.82, 2.24) is 13.5 Å². The molecule has 1 N–H and O–H groups in total. The Labute approximate surface area is 266 Å². The van der Waals surface area contributed by atoms with E-state index in [1.165, 1.54) is 19.2 Å². The zero-order chi connectivity index (χ0) is 32.2. The molecule has 0 aliphatic carbocycles. The van der Waals surface area contributed by atoms with Crippen LogP contribution in [-0.4, -0.2) is 43.1 Å². The average molecular weight is 644 g/mol. The molecule has 0 radical (unpaired) electrons. The van der Waals surface area contributed by atoms with Crippen LogP contribution in [0.15, 0.2) is 95.9 Å². The second-order valence-electron chi connectivity index (χ2n) is 11.1. The quantitative estimate of drug-likeness (QED) is 0.162. The summed E-state index contributed by atoms with van der Waals surface area (Å²) in [4.78, 5) is 28.5. The van der Waals surface area contributed by atoms with E-state index in [4.69, 9.17) is 9.47 Å². The number of ketones is 1. The Bertz CT molecular complexity index is 1920. The maximum Gasteiger partial charge on any atom is 0.264 e. The van der Waals surface area contributed by atoms with Crippen LogP contribution in [0.4, 0.5) is 0 Å². The van der Waals surface area contributed by atoms with Gasteiger partial charge in [0.1, 0.15) is 22.5 Å². The highest BCUT2D eigenvalue weighted by atomic mass is 32.2. The van der Waals surface area contributed by atoms with Gasteiger partial charge in [-0.15, -0.1) is 0 Å². The number of hydrogen-bond acceptors (Lipinski definition) is 9. The summed E-state index contributed by atoms with van der Waals surface area (Å²) in [5.41, 5.74) is 1.95. The van der Waals surface area contributed by atoms with E-state index in [1.54, 1.807) is 86.0 Å². The highest BCUT2D eigenvalue weighted by Crippen LogP contribution is 2.37. The molecule has 1 atom stereocenters. The first-order chi connectivity index (χ1) is 21.5. The fraction of sp³-hybridized carbons (Fsp3) is 0.235. The van der Waals surface area contributed by atoms with Crippen molar-refractivity contribution in [3.63, 3.8) is 0 Å². The number of fused-ring (bicyclic) bond motifs is 1. The van der Waals surface area contributed by atoms with Crippen molar-refractivity contribution in [2.75, 3.05) is 14.2 Å². The van der Waals surface area contributed by atoms with E-state index in [0.29, 0.717) is 39.2 Å². The van der Waals surface area contributed by atoms with E-state index in [9.17, 15) is 18.0 Å². The van der Waals surface area contributed by atoms with E-state index >= 15 is 0 Å². The minimum atomic E-state index is -4.31. The number of nitrogens with one attached hydrogen (secondary N) is 1. The summed E-state index contributed by atoms with van der Waals surface area (Å²) >= 11 is 1.02. The third-order valence-electron chi connectivity index (χ3n) is 7.86. The standard InChI is InChI=1S/C34H33N3O6S2/c1-22(2)24-9-16-29(17-10-24)45(40,41)37-33(39)34(20-23-5-12-27(42-3)13-6-23,26-11-18-30-31(19-26)36-44-35-30)21-32(38)25-7-14-28(43-4)15-8-25/h5-19,22H,20-21H2,1-4H3,(H,37,39). The lowest BCUT2D eigenvalue weighted by atomic mass is 9.70. The van der Waals surface area contributed by atoms with Crippen LogP contribution >= 0.6 is 11.7 Å². The van der Waals surface area contributed by atoms with Gasteiger partial charge in [0.05, 0.1) is 36.3 Å². The molecule has 0 aliphatic rings. The number of methoxy groups -OCH3 is 2. The number of sulfonamides is 1. The van der Waals surface area contributed by atoms with Crippen LogP contribution in [0.25, 0.3) is 11.0 Å². The summed E-state index contributed by atoms with van der Waals surface area (Å²) in [5.74, 6) is 0.204. The molecule has 45 heavy (non-hydrogen) atoms. The van der Waals surface area contributed by atoms with Crippen molar-refractivity contribution >= 4 is 44.5 Å². The Hall–Kier alpha value is -4.61. The van der Waals surface area contributed by atoms with Gasteiger partial charge in [-0.05, 0) is 89.7 Å². The first-order valence-corrected chi connectivity index (χ1v) is 16.5. The summed E-state index contributed by atoms with van der Waals surface area (Å²) in [6, 6.07) is 25.2. The third kappa shape index (κ3) is 6.89. The normalized spacial score (nSPS) is 12.9. The van der Waals surface area contributed by atoms with Crippen molar-refractivity contribution in [2.45, 2.75) is 42.9 Å². The molecule has 1 unspecified atom stereocenters. The lowest BCUT2D eigenvalue weighted by molar-refractivity contribution is -0.125. The fourth-order valence-corrected chi connectivity index (χ4v) is 6.76. The second-order valence-corrected chi connectivity index (χ2v) is 13.3. The van der Waals surface area contributed by atoms with Gasteiger partial charge < -0.3 is 9.47 Å². The summed E-state index contributed by atoms with van der Waals surface area (Å²) in [5, 5.41) is 0. The number of carbonyl (C=O) groups is 2. The third-order valence-corrected chi connectivity index (χ3v) is 9.77. The molecule has 0 saturated heterocycles. The zero-order valence-electron chi connectivity index (χ0n) is 25.3. The molecule has 11 heteroatoms. The Morgan fingerprint density at radius 3 is 2.02 bits per heavy atom. The Balaban J connectivity index is 1.64. The van der Waals surface area contributed by atoms with Crippen molar-refractivity contribution in [2.24, 2.45) is 0 Å². The largest absolute Gasteiger partial charge is 0.497 e. The van der Waals surface area contributed by atoms with Gasteiger partial charge in [0.25, 0.3) is 10.0 Å². The van der Waals surface area contributed by atoms with Crippen molar-refractivity contribution in [3.05, 3.63) is 113 Å². The van der Waals surface area contributed by atoms with E-state index < -0.39 is 21.3 Å². The molecule has 4 aromatic carbocycles. The molecule has 0 fully saturated rings. The molecular formula is C34H33N3O6S2. The molecule has 0 saturated carbocycles. The zero-order valence-corrected chi connectivity index (χ0v) is 26.9. The minimum Gasteiger partial charge on any atom is -0.497 e. The number of amides is 1. The molecule has 0 spiro atoms. The van der Waals surface area contributed by atoms with Crippen molar-refractivity contribution in [1.29, 1.82) is 0 Å². The minimum absolute atomic E-state index is 0.00953. The number of Topliss-reactive ketones (excluding diaryl/α,β-unsaturated/α-hetero) is 1. The molecule has 232 valence electrons. The van der Waals surface area contributed by atoms with Gasteiger partial charge in [-0.2, -0.15) is 8.75 Å². The van der Waals surface area contributed by atoms with Gasteiger partial charge in [-0.1, -0.05) is 44.2 Å². The van der Waals surface area contributed by atoms with Crippen LogP contribution in [0, 0.1) is 0 Å².